The summed E-state index contributed by atoms with van der Waals surface area (Å²) in [6, 6.07) is 15.7. The molecule has 6 nitrogen and oxygen atoms in total. The summed E-state index contributed by atoms with van der Waals surface area (Å²) in [6.07, 6.45) is 0. The molecule has 28 heavy (non-hydrogen) atoms. The van der Waals surface area contributed by atoms with E-state index in [1.807, 2.05) is 55.5 Å². The van der Waals surface area contributed by atoms with E-state index in [0.29, 0.717) is 19.8 Å². The van der Waals surface area contributed by atoms with Gasteiger partial charge in [-0.05, 0) is 24.6 Å². The molecule has 148 valence electrons. The van der Waals surface area contributed by atoms with Crippen molar-refractivity contribution in [3.8, 4) is 0 Å². The van der Waals surface area contributed by atoms with E-state index in [-0.39, 0.29) is 18.4 Å². The summed E-state index contributed by atoms with van der Waals surface area (Å²) in [5.41, 5.74) is 3.90. The third-order valence-corrected chi connectivity index (χ3v) is 4.80. The minimum absolute atomic E-state index is 0.0145. The molecule has 0 radical (unpaired) electrons. The van der Waals surface area contributed by atoms with Gasteiger partial charge in [0.25, 0.3) is 0 Å². The Morgan fingerprint density at radius 2 is 1.75 bits per heavy atom. The van der Waals surface area contributed by atoms with E-state index >= 15 is 0 Å². The second kappa shape index (κ2) is 9.37. The van der Waals surface area contributed by atoms with Crippen molar-refractivity contribution < 1.29 is 14.3 Å². The molecule has 2 amide bonds. The molecule has 0 bridgehead atoms. The maximum atomic E-state index is 12.7. The van der Waals surface area contributed by atoms with Crippen molar-refractivity contribution in [2.75, 3.05) is 43.1 Å². The Balaban J connectivity index is 1.66. The van der Waals surface area contributed by atoms with E-state index in [1.165, 1.54) is 6.92 Å². The summed E-state index contributed by atoms with van der Waals surface area (Å²) < 4.78 is 5.41. The summed E-state index contributed by atoms with van der Waals surface area (Å²) in [4.78, 5) is 28.5. The topological polar surface area (TPSA) is 61.9 Å². The zero-order valence-corrected chi connectivity index (χ0v) is 16.5. The van der Waals surface area contributed by atoms with Crippen LogP contribution in [-0.2, 0) is 20.9 Å². The number of benzene rings is 2. The van der Waals surface area contributed by atoms with Crippen LogP contribution in [0.2, 0.25) is 0 Å². The fourth-order valence-corrected chi connectivity index (χ4v) is 3.21. The summed E-state index contributed by atoms with van der Waals surface area (Å²) in [5, 5.41) is 2.97. The lowest BCUT2D eigenvalue weighted by atomic mass is 10.1. The van der Waals surface area contributed by atoms with E-state index < -0.39 is 0 Å². The van der Waals surface area contributed by atoms with Crippen LogP contribution in [0.15, 0.2) is 48.5 Å². The van der Waals surface area contributed by atoms with Gasteiger partial charge >= 0.3 is 0 Å². The first-order chi connectivity index (χ1) is 13.5. The number of nitrogens with one attached hydrogen (secondary N) is 1. The fraction of sp³-hybridized carbons (Fsp3) is 0.364. The van der Waals surface area contributed by atoms with Gasteiger partial charge in [-0.2, -0.15) is 0 Å². The van der Waals surface area contributed by atoms with Gasteiger partial charge in [0, 0.05) is 26.6 Å². The first kappa shape index (κ1) is 19.9. The van der Waals surface area contributed by atoms with Crippen molar-refractivity contribution in [1.82, 2.24) is 4.90 Å². The zero-order valence-electron chi connectivity index (χ0n) is 16.5. The number of amides is 2. The number of ether oxygens (including phenoxy) is 1. The van der Waals surface area contributed by atoms with Crippen molar-refractivity contribution in [1.29, 1.82) is 0 Å². The molecule has 0 atom stereocenters. The van der Waals surface area contributed by atoms with Crippen LogP contribution in [0.3, 0.4) is 0 Å². The van der Waals surface area contributed by atoms with Crippen molar-refractivity contribution in [3.05, 3.63) is 59.7 Å². The number of hydrogen-bond acceptors (Lipinski definition) is 4. The number of carbonyl (C=O) groups is 2. The highest BCUT2D eigenvalue weighted by molar-refractivity contribution is 5.97. The molecule has 1 aliphatic heterocycles. The van der Waals surface area contributed by atoms with Gasteiger partial charge in [-0.15, -0.1) is 0 Å². The van der Waals surface area contributed by atoms with Crippen molar-refractivity contribution in [2.24, 2.45) is 0 Å². The fourth-order valence-electron chi connectivity index (χ4n) is 3.21. The van der Waals surface area contributed by atoms with Crippen molar-refractivity contribution in [2.45, 2.75) is 20.4 Å². The first-order valence-corrected chi connectivity index (χ1v) is 9.55. The molecule has 2 aromatic carbocycles. The smallest absolute Gasteiger partial charge is 0.244 e. The van der Waals surface area contributed by atoms with Gasteiger partial charge in [0.05, 0.1) is 24.6 Å². The Morgan fingerprint density at radius 1 is 1.07 bits per heavy atom. The summed E-state index contributed by atoms with van der Waals surface area (Å²) >= 11 is 0. The predicted molar refractivity (Wildman–Crippen MR) is 110 cm³/mol. The molecule has 6 heteroatoms. The predicted octanol–water partition coefficient (Wildman–Crippen LogP) is 2.82. The molecule has 0 aliphatic carbocycles. The highest BCUT2D eigenvalue weighted by Gasteiger charge is 2.18. The molecular formula is C22H27N3O3. The first-order valence-electron chi connectivity index (χ1n) is 9.55. The van der Waals surface area contributed by atoms with Crippen LogP contribution in [0.1, 0.15) is 18.1 Å². The van der Waals surface area contributed by atoms with Gasteiger partial charge in [0.1, 0.15) is 6.54 Å². The SMILES string of the molecule is CC(=O)N(CC(=O)Nc1ccccc1N1CCOCC1)Cc1ccc(C)cc1. The number of para-hydroxylation sites is 2. The molecule has 0 saturated carbocycles. The van der Waals surface area contributed by atoms with Gasteiger partial charge in [0.15, 0.2) is 0 Å². The number of hydrogen-bond donors (Lipinski definition) is 1. The van der Waals surface area contributed by atoms with E-state index in [9.17, 15) is 9.59 Å². The van der Waals surface area contributed by atoms with E-state index in [4.69, 9.17) is 4.74 Å². The Morgan fingerprint density at radius 3 is 2.43 bits per heavy atom. The van der Waals surface area contributed by atoms with Crippen LogP contribution in [0.5, 0.6) is 0 Å². The number of rotatable bonds is 6. The molecule has 0 aromatic heterocycles. The number of morpholine rings is 1. The summed E-state index contributed by atoms with van der Waals surface area (Å²) in [7, 11) is 0. The molecule has 0 unspecified atom stereocenters. The van der Waals surface area contributed by atoms with Crippen LogP contribution < -0.4 is 10.2 Å². The maximum Gasteiger partial charge on any atom is 0.244 e. The minimum atomic E-state index is -0.206. The lowest BCUT2D eigenvalue weighted by molar-refractivity contribution is -0.133. The third kappa shape index (κ3) is 5.33. The monoisotopic (exact) mass is 381 g/mol. The molecule has 1 fully saturated rings. The molecule has 3 rings (SSSR count). The molecule has 1 N–H and O–H groups in total. The van der Waals surface area contributed by atoms with Crippen LogP contribution in [0.25, 0.3) is 0 Å². The van der Waals surface area contributed by atoms with Crippen LogP contribution >= 0.6 is 0 Å². The van der Waals surface area contributed by atoms with Crippen LogP contribution in [0.4, 0.5) is 11.4 Å². The lowest BCUT2D eigenvalue weighted by Gasteiger charge is -2.30. The summed E-state index contributed by atoms with van der Waals surface area (Å²) in [6.45, 7) is 6.87. The zero-order chi connectivity index (χ0) is 19.9. The van der Waals surface area contributed by atoms with Gasteiger partial charge in [0.2, 0.25) is 11.8 Å². The van der Waals surface area contributed by atoms with Crippen molar-refractivity contribution >= 4 is 23.2 Å². The Hall–Kier alpha value is -2.86. The van der Waals surface area contributed by atoms with Crippen LogP contribution in [0, 0.1) is 6.92 Å². The third-order valence-electron chi connectivity index (χ3n) is 4.80. The van der Waals surface area contributed by atoms with Gasteiger partial charge < -0.3 is 19.9 Å². The maximum absolute atomic E-state index is 12.7. The average Bonchev–Trinajstić information content (AvgIpc) is 2.70. The molecule has 2 aromatic rings. The van der Waals surface area contributed by atoms with Gasteiger partial charge in [-0.1, -0.05) is 42.0 Å². The average molecular weight is 381 g/mol. The second-order valence-corrected chi connectivity index (χ2v) is 7.03. The summed E-state index contributed by atoms with van der Waals surface area (Å²) in [5.74, 6) is -0.333. The Bertz CT molecular complexity index is 814. The molecule has 1 aliphatic rings. The quantitative estimate of drug-likeness (QED) is 0.836. The second-order valence-electron chi connectivity index (χ2n) is 7.03. The van der Waals surface area contributed by atoms with E-state index in [1.54, 1.807) is 4.90 Å². The number of aryl methyl sites for hydroxylation is 1. The number of carbonyl (C=O) groups excluding carboxylic acids is 2. The molecule has 0 spiro atoms. The Labute approximate surface area is 166 Å². The van der Waals surface area contributed by atoms with Gasteiger partial charge in [-0.25, -0.2) is 0 Å². The highest BCUT2D eigenvalue weighted by atomic mass is 16.5. The molecule has 1 saturated heterocycles. The van der Waals surface area contributed by atoms with E-state index in [2.05, 4.69) is 10.2 Å². The number of anilines is 2. The number of nitrogens with zero attached hydrogens (tertiary/aromatic N) is 2. The molecular weight excluding hydrogens is 354 g/mol. The largest absolute Gasteiger partial charge is 0.378 e. The molecule has 1 heterocycles. The van der Waals surface area contributed by atoms with E-state index in [0.717, 1.165) is 35.6 Å². The van der Waals surface area contributed by atoms with Gasteiger partial charge in [-0.3, -0.25) is 9.59 Å². The highest BCUT2D eigenvalue weighted by Crippen LogP contribution is 2.26. The Kier molecular flexibility index (Phi) is 6.66. The normalized spacial score (nSPS) is 13.9. The lowest BCUT2D eigenvalue weighted by Crippen LogP contribution is -2.38. The standard InChI is InChI=1S/C22H27N3O3/c1-17-7-9-19(10-8-17)15-25(18(2)26)16-22(27)23-20-5-3-4-6-21(20)24-11-13-28-14-12-24/h3-10H,11-16H2,1-2H3,(H,23,27). The van der Waals surface area contributed by atoms with Crippen molar-refractivity contribution in [3.63, 3.8) is 0 Å². The minimum Gasteiger partial charge on any atom is -0.378 e. The van der Waals surface area contributed by atoms with Crippen LogP contribution in [-0.4, -0.2) is 49.6 Å².